The van der Waals surface area contributed by atoms with Crippen molar-refractivity contribution in [2.75, 3.05) is 0 Å². The van der Waals surface area contributed by atoms with Crippen molar-refractivity contribution in [2.24, 2.45) is 0 Å². The van der Waals surface area contributed by atoms with Crippen LogP contribution < -0.4 is 77.0 Å². The second-order valence-corrected chi connectivity index (χ2v) is 25.6. The molecule has 300 valence electrons. The summed E-state index contributed by atoms with van der Waals surface area (Å²) in [4.78, 5) is 7.97. The van der Waals surface area contributed by atoms with Gasteiger partial charge < -0.3 is 24.8 Å². The van der Waals surface area contributed by atoms with Crippen LogP contribution in [0.1, 0.15) is 0 Å². The summed E-state index contributed by atoms with van der Waals surface area (Å²) in [6.45, 7) is 0. The molecule has 8 rings (SSSR count). The minimum atomic E-state index is -2.20. The Labute approximate surface area is 385 Å². The fourth-order valence-corrected chi connectivity index (χ4v) is 20.5. The Morgan fingerprint density at radius 3 is 0.593 bits per heavy atom. The molecule has 0 unspecified atom stereocenters. The van der Waals surface area contributed by atoms with E-state index in [0.717, 1.165) is 0 Å². The molecule has 0 aromatic heterocycles. The van der Waals surface area contributed by atoms with Crippen molar-refractivity contribution in [3.8, 4) is 0 Å². The topological polar surface area (TPSA) is 24.1 Å². The first-order valence-electron chi connectivity index (χ1n) is 18.3. The van der Waals surface area contributed by atoms with Crippen LogP contribution >= 0.6 is 28.5 Å². The van der Waals surface area contributed by atoms with Gasteiger partial charge in [-0.2, -0.15) is 0 Å². The molecule has 0 fully saturated rings. The maximum absolute atomic E-state index is 6.43. The predicted molar refractivity (Wildman–Crippen MR) is 257 cm³/mol. The van der Waals surface area contributed by atoms with E-state index in [1.807, 2.05) is 24.3 Å². The molecule has 0 radical (unpaired) electrons. The zero-order valence-corrected chi connectivity index (χ0v) is 39.5. The number of halogens is 2. The molecule has 0 saturated carbocycles. The van der Waals surface area contributed by atoms with Gasteiger partial charge >= 0.3 is 16.5 Å². The first kappa shape index (κ1) is 48.6. The van der Waals surface area contributed by atoms with Crippen LogP contribution in [0.15, 0.2) is 243 Å². The average molecular weight is 965 g/mol. The van der Waals surface area contributed by atoms with Crippen LogP contribution in [0.5, 0.6) is 0 Å². The zero-order chi connectivity index (χ0) is 38.5. The van der Waals surface area contributed by atoms with Gasteiger partial charge in [0.05, 0.1) is 12.4 Å². The van der Waals surface area contributed by atoms with Gasteiger partial charge in [0.2, 0.25) is 0 Å². The van der Waals surface area contributed by atoms with E-state index in [1.165, 1.54) is 42.4 Å². The van der Waals surface area contributed by atoms with Gasteiger partial charge in [-0.05, 0) is 21.2 Å². The van der Waals surface area contributed by atoms with E-state index < -0.39 is 28.5 Å². The minimum Gasteiger partial charge on any atom is -1.00 e. The van der Waals surface area contributed by atoms with E-state index in [2.05, 4.69) is 228 Å². The third-order valence-corrected chi connectivity index (χ3v) is 24.2. The van der Waals surface area contributed by atoms with Gasteiger partial charge in [-0.1, -0.05) is 266 Å². The number of rotatable bonds is 12. The Kier molecular flexibility index (Phi) is 20.1. The fourth-order valence-electron chi connectivity index (χ4n) is 6.20. The molecule has 0 aliphatic rings. The standard InChI is InChI=1S/2C24H21NP2S.2ClH.Ni/c2*28-27(23-17-9-3-10-18-23,24-19-11-4-12-20-24)25-26(21-13-5-1-6-14-21)22-15-7-2-8-16-22;;;/h2*1-20H,(H,25,28);2*1H;/q;;;;+2/p-2. The Bertz CT molecular complexity index is 2140. The van der Waals surface area contributed by atoms with E-state index in [4.69, 9.17) is 23.6 Å². The number of nitrogens with one attached hydrogen (secondary N) is 2. The van der Waals surface area contributed by atoms with Gasteiger partial charge in [0.1, 0.15) is 0 Å². The number of hydrogen-bond acceptors (Lipinski definition) is 2. The quantitative estimate of drug-likeness (QED) is 0.145. The Morgan fingerprint density at radius 1 is 0.271 bits per heavy atom. The summed E-state index contributed by atoms with van der Waals surface area (Å²) >= 11 is 12.9. The van der Waals surface area contributed by atoms with Gasteiger partial charge in [-0.15, -0.1) is 0 Å². The van der Waals surface area contributed by atoms with Gasteiger partial charge in [-0.25, -0.2) is 0 Å². The van der Waals surface area contributed by atoms with Crippen molar-refractivity contribution in [3.05, 3.63) is 243 Å². The molecule has 11 heteroatoms. The number of benzene rings is 8. The summed E-state index contributed by atoms with van der Waals surface area (Å²) in [5.74, 6) is 0. The van der Waals surface area contributed by atoms with Crippen LogP contribution in [0.2, 0.25) is 0 Å². The number of hydrogen-bond donors (Lipinski definition) is 2. The van der Waals surface area contributed by atoms with Crippen LogP contribution in [-0.4, -0.2) is 0 Å². The molecule has 0 aliphatic heterocycles. The van der Waals surface area contributed by atoms with Crippen LogP contribution in [0.3, 0.4) is 0 Å². The smallest absolute Gasteiger partial charge is 1.00 e. The van der Waals surface area contributed by atoms with Gasteiger partial charge in [0.15, 0.2) is 0 Å². The summed E-state index contributed by atoms with van der Waals surface area (Å²) in [5.41, 5.74) is 0. The molecular weight excluding hydrogens is 922 g/mol. The molecule has 0 heterocycles. The van der Waals surface area contributed by atoms with Crippen LogP contribution in [0.25, 0.3) is 0 Å². The van der Waals surface area contributed by atoms with E-state index in [0.29, 0.717) is 0 Å². The molecule has 0 bridgehead atoms. The monoisotopic (exact) mass is 962 g/mol. The molecule has 0 spiro atoms. The first-order chi connectivity index (χ1) is 27.5. The van der Waals surface area contributed by atoms with E-state index in [-0.39, 0.29) is 41.3 Å². The Balaban J connectivity index is 0.000000248. The van der Waals surface area contributed by atoms with E-state index >= 15 is 0 Å². The van der Waals surface area contributed by atoms with Gasteiger partial charge in [0.25, 0.3) is 0 Å². The van der Waals surface area contributed by atoms with Crippen molar-refractivity contribution >= 4 is 94.6 Å². The zero-order valence-electron chi connectivity index (χ0n) is 31.8. The molecule has 59 heavy (non-hydrogen) atoms. The van der Waals surface area contributed by atoms with Gasteiger partial charge in [-0.3, -0.25) is 9.72 Å². The molecular formula is C48H42Cl2N2NiP4S2. The fraction of sp³-hybridized carbons (Fsp3) is 0. The summed E-state index contributed by atoms with van der Waals surface area (Å²) in [5, 5.41) is 9.89. The molecule has 0 aliphatic carbocycles. The van der Waals surface area contributed by atoms with Crippen molar-refractivity contribution in [2.45, 2.75) is 0 Å². The molecule has 2 nitrogen and oxygen atoms in total. The Hall–Kier alpha value is -3.09. The molecule has 2 N–H and O–H groups in total. The van der Waals surface area contributed by atoms with Crippen molar-refractivity contribution in [3.63, 3.8) is 0 Å². The normalized spacial score (nSPS) is 10.9. The molecule has 0 atom stereocenters. The first-order valence-corrected chi connectivity index (χ1v) is 26.6. The second-order valence-electron chi connectivity index (χ2n) is 12.8. The maximum atomic E-state index is 6.43. The maximum Gasteiger partial charge on any atom is 2.00 e. The second kappa shape index (κ2) is 24.4. The minimum absolute atomic E-state index is 0. The van der Waals surface area contributed by atoms with Crippen LogP contribution in [-0.2, 0) is 40.1 Å². The van der Waals surface area contributed by atoms with Gasteiger partial charge in [0, 0.05) is 37.4 Å². The molecule has 0 amide bonds. The van der Waals surface area contributed by atoms with E-state index in [9.17, 15) is 0 Å². The third kappa shape index (κ3) is 12.5. The van der Waals surface area contributed by atoms with Crippen LogP contribution in [0, 0.1) is 0 Å². The van der Waals surface area contributed by atoms with Crippen molar-refractivity contribution < 1.29 is 41.3 Å². The Morgan fingerprint density at radius 2 is 0.424 bits per heavy atom. The SMILES string of the molecule is S=P(NP(c1ccccc1)c1ccccc1)(c1ccccc1)c1ccccc1.S=P(NP(c1ccccc1)c1ccccc1)(c1ccccc1)c1ccccc1.[Cl-].[Cl-].[Ni+2]. The summed E-state index contributed by atoms with van der Waals surface area (Å²) < 4.78 is 0. The van der Waals surface area contributed by atoms with E-state index in [1.54, 1.807) is 0 Å². The van der Waals surface area contributed by atoms with Crippen molar-refractivity contribution in [1.29, 1.82) is 0 Å². The average Bonchev–Trinajstić information content (AvgIpc) is 3.30. The molecule has 8 aromatic rings. The molecule has 0 saturated heterocycles. The van der Waals surface area contributed by atoms with Crippen molar-refractivity contribution in [1.82, 2.24) is 9.72 Å². The molecule has 8 aromatic carbocycles. The summed E-state index contributed by atoms with van der Waals surface area (Å²) in [6, 6.07) is 84.7. The largest absolute Gasteiger partial charge is 2.00 e. The van der Waals surface area contributed by atoms with Crippen LogP contribution in [0.4, 0.5) is 0 Å². The third-order valence-electron chi connectivity index (χ3n) is 9.02. The summed E-state index contributed by atoms with van der Waals surface area (Å²) in [6.07, 6.45) is -4.40. The summed E-state index contributed by atoms with van der Waals surface area (Å²) in [7, 11) is -1.58. The predicted octanol–water partition coefficient (Wildman–Crippen LogP) is 3.34.